The Bertz CT molecular complexity index is 991. The Morgan fingerprint density at radius 1 is 1.12 bits per heavy atom. The third-order valence-corrected chi connectivity index (χ3v) is 5.36. The van der Waals surface area contributed by atoms with Crippen molar-refractivity contribution < 1.29 is 0 Å². The van der Waals surface area contributed by atoms with Crippen LogP contribution in [0.2, 0.25) is 0 Å². The third-order valence-electron chi connectivity index (χ3n) is 3.63. The van der Waals surface area contributed by atoms with Gasteiger partial charge < -0.3 is 0 Å². The molecule has 24 heavy (non-hydrogen) atoms. The van der Waals surface area contributed by atoms with Gasteiger partial charge in [-0.15, -0.1) is 16.4 Å². The number of hydrogen-bond donors (Lipinski definition) is 1. The number of thiophene rings is 1. The molecule has 0 radical (unpaired) electrons. The highest BCUT2D eigenvalue weighted by atomic mass is 32.2. The molecule has 0 unspecified atom stereocenters. The molecule has 5 nitrogen and oxygen atoms in total. The Kier molecular flexibility index (Phi) is 4.03. The lowest BCUT2D eigenvalue weighted by atomic mass is 10.1. The van der Waals surface area contributed by atoms with Gasteiger partial charge in [0.05, 0.1) is 5.39 Å². The predicted molar refractivity (Wildman–Crippen MR) is 97.5 cm³/mol. The van der Waals surface area contributed by atoms with Crippen LogP contribution in [0.3, 0.4) is 0 Å². The zero-order valence-corrected chi connectivity index (χ0v) is 14.9. The molecule has 0 aliphatic carbocycles. The van der Waals surface area contributed by atoms with Crippen molar-refractivity contribution >= 4 is 33.3 Å². The molecule has 1 N–H and O–H groups in total. The number of aryl methyl sites for hydroxylation is 2. The minimum atomic E-state index is 0.691. The largest absolute Gasteiger partial charge is 0.262 e. The summed E-state index contributed by atoms with van der Waals surface area (Å²) in [5.41, 5.74) is 2.33. The Hall–Kier alpha value is -2.25. The molecule has 7 heteroatoms. The molecular weight excluding hydrogens is 338 g/mol. The van der Waals surface area contributed by atoms with E-state index < -0.39 is 0 Å². The first kappa shape index (κ1) is 15.3. The lowest BCUT2D eigenvalue weighted by Gasteiger charge is -2.04. The topological polar surface area (TPSA) is 67.3 Å². The van der Waals surface area contributed by atoms with E-state index in [-0.39, 0.29) is 0 Å². The van der Waals surface area contributed by atoms with E-state index in [0.717, 1.165) is 38.9 Å². The first-order valence-electron chi connectivity index (χ1n) is 7.65. The second-order valence-corrected chi connectivity index (χ2v) is 7.11. The molecule has 0 saturated carbocycles. The average Bonchev–Trinajstić information content (AvgIpc) is 3.22. The van der Waals surface area contributed by atoms with Crippen molar-refractivity contribution in [3.05, 3.63) is 47.4 Å². The summed E-state index contributed by atoms with van der Waals surface area (Å²) in [6.07, 6.45) is 0.833. The SMILES string of the molecule is CCc1nc(Sc2nc(C)nc3scc(-c4ccccc4)c23)n[nH]1. The van der Waals surface area contributed by atoms with E-state index in [2.05, 4.69) is 42.7 Å². The number of aromatic amines is 1. The number of benzene rings is 1. The number of aromatic nitrogens is 5. The Balaban J connectivity index is 1.85. The fraction of sp³-hybridized carbons (Fsp3) is 0.176. The first-order chi connectivity index (χ1) is 11.7. The molecular formula is C17H15N5S2. The number of fused-ring (bicyclic) bond motifs is 1. The second-order valence-electron chi connectivity index (χ2n) is 5.29. The molecule has 4 rings (SSSR count). The van der Waals surface area contributed by atoms with Crippen LogP contribution in [0.4, 0.5) is 0 Å². The maximum Gasteiger partial charge on any atom is 0.214 e. The van der Waals surface area contributed by atoms with E-state index in [1.807, 2.05) is 32.0 Å². The number of hydrogen-bond acceptors (Lipinski definition) is 6. The molecule has 1 aromatic carbocycles. The van der Waals surface area contributed by atoms with E-state index in [9.17, 15) is 0 Å². The standard InChI is InChI=1S/C17H15N5S2/c1-3-13-20-17(22-21-13)24-16-14-12(11-7-5-4-6-8-11)9-23-15(14)18-10(2)19-16/h4-9H,3H2,1-2H3,(H,20,21,22). The van der Waals surface area contributed by atoms with E-state index in [0.29, 0.717) is 5.16 Å². The lowest BCUT2D eigenvalue weighted by Crippen LogP contribution is -1.92. The summed E-state index contributed by atoms with van der Waals surface area (Å²) in [5.74, 6) is 1.64. The highest BCUT2D eigenvalue weighted by Crippen LogP contribution is 2.39. The molecule has 3 aromatic heterocycles. The first-order valence-corrected chi connectivity index (χ1v) is 9.34. The predicted octanol–water partition coefficient (Wildman–Crippen LogP) is 4.50. The summed E-state index contributed by atoms with van der Waals surface area (Å²) in [4.78, 5) is 14.7. The quantitative estimate of drug-likeness (QED) is 0.547. The fourth-order valence-electron chi connectivity index (χ4n) is 2.48. The van der Waals surface area contributed by atoms with Crippen molar-refractivity contribution in [2.24, 2.45) is 0 Å². The second kappa shape index (κ2) is 6.33. The van der Waals surface area contributed by atoms with Gasteiger partial charge in [-0.25, -0.2) is 15.0 Å². The summed E-state index contributed by atoms with van der Waals surface area (Å²) in [5, 5.41) is 12.0. The minimum absolute atomic E-state index is 0.691. The third kappa shape index (κ3) is 2.81. The molecule has 3 heterocycles. The summed E-state index contributed by atoms with van der Waals surface area (Å²) < 4.78 is 0. The Morgan fingerprint density at radius 2 is 1.96 bits per heavy atom. The van der Waals surface area contributed by atoms with E-state index in [1.54, 1.807) is 11.3 Å². The zero-order chi connectivity index (χ0) is 16.5. The zero-order valence-electron chi connectivity index (χ0n) is 13.3. The highest BCUT2D eigenvalue weighted by molar-refractivity contribution is 7.99. The Labute approximate surface area is 147 Å². The maximum atomic E-state index is 4.65. The molecule has 0 bridgehead atoms. The smallest absolute Gasteiger partial charge is 0.214 e. The van der Waals surface area contributed by atoms with Crippen LogP contribution in [0, 0.1) is 6.92 Å². The van der Waals surface area contributed by atoms with Crippen molar-refractivity contribution in [3.63, 3.8) is 0 Å². The van der Waals surface area contributed by atoms with Crippen LogP contribution >= 0.6 is 23.1 Å². The maximum absolute atomic E-state index is 4.65. The number of H-pyrrole nitrogens is 1. The van der Waals surface area contributed by atoms with Crippen LogP contribution in [-0.4, -0.2) is 25.1 Å². The van der Waals surface area contributed by atoms with Gasteiger partial charge in [-0.2, -0.15) is 0 Å². The molecule has 0 aliphatic rings. The molecule has 0 fully saturated rings. The summed E-state index contributed by atoms with van der Waals surface area (Å²) in [6, 6.07) is 10.3. The van der Waals surface area contributed by atoms with Crippen LogP contribution in [0.5, 0.6) is 0 Å². The monoisotopic (exact) mass is 353 g/mol. The summed E-state index contributed by atoms with van der Waals surface area (Å²) in [6.45, 7) is 3.97. The van der Waals surface area contributed by atoms with Gasteiger partial charge in [-0.05, 0) is 24.2 Å². The number of nitrogens with zero attached hydrogens (tertiary/aromatic N) is 4. The van der Waals surface area contributed by atoms with Gasteiger partial charge in [-0.3, -0.25) is 5.10 Å². The fourth-order valence-corrected chi connectivity index (χ4v) is 4.45. The van der Waals surface area contributed by atoms with Crippen molar-refractivity contribution in [2.45, 2.75) is 30.5 Å². The van der Waals surface area contributed by atoms with Gasteiger partial charge in [0.1, 0.15) is 21.5 Å². The van der Waals surface area contributed by atoms with Gasteiger partial charge in [0, 0.05) is 17.4 Å². The Morgan fingerprint density at radius 3 is 2.71 bits per heavy atom. The molecule has 0 amide bonds. The lowest BCUT2D eigenvalue weighted by molar-refractivity contribution is 0.940. The van der Waals surface area contributed by atoms with Crippen LogP contribution in [0.1, 0.15) is 18.6 Å². The van der Waals surface area contributed by atoms with Gasteiger partial charge in [0.25, 0.3) is 0 Å². The van der Waals surface area contributed by atoms with E-state index >= 15 is 0 Å². The van der Waals surface area contributed by atoms with Gasteiger partial charge in [0.2, 0.25) is 5.16 Å². The van der Waals surface area contributed by atoms with Crippen LogP contribution < -0.4 is 0 Å². The normalized spacial score (nSPS) is 11.2. The van der Waals surface area contributed by atoms with Gasteiger partial charge in [-0.1, -0.05) is 37.3 Å². The average molecular weight is 353 g/mol. The van der Waals surface area contributed by atoms with Crippen molar-refractivity contribution in [3.8, 4) is 11.1 Å². The number of rotatable bonds is 4. The van der Waals surface area contributed by atoms with E-state index in [4.69, 9.17) is 0 Å². The molecule has 120 valence electrons. The molecule has 0 saturated heterocycles. The van der Waals surface area contributed by atoms with Crippen LogP contribution in [-0.2, 0) is 6.42 Å². The minimum Gasteiger partial charge on any atom is -0.262 e. The van der Waals surface area contributed by atoms with Gasteiger partial charge in [0.15, 0.2) is 0 Å². The van der Waals surface area contributed by atoms with Crippen molar-refractivity contribution in [1.82, 2.24) is 25.1 Å². The molecule has 4 aromatic rings. The molecule has 0 spiro atoms. The van der Waals surface area contributed by atoms with Crippen LogP contribution in [0.15, 0.2) is 45.9 Å². The summed E-state index contributed by atoms with van der Waals surface area (Å²) in [7, 11) is 0. The molecule has 0 aliphatic heterocycles. The highest BCUT2D eigenvalue weighted by Gasteiger charge is 2.16. The van der Waals surface area contributed by atoms with Crippen molar-refractivity contribution in [1.29, 1.82) is 0 Å². The molecule has 0 atom stereocenters. The van der Waals surface area contributed by atoms with Gasteiger partial charge >= 0.3 is 0 Å². The van der Waals surface area contributed by atoms with Crippen molar-refractivity contribution in [2.75, 3.05) is 0 Å². The van der Waals surface area contributed by atoms with E-state index in [1.165, 1.54) is 17.3 Å². The van der Waals surface area contributed by atoms with Crippen LogP contribution in [0.25, 0.3) is 21.3 Å². The number of nitrogens with one attached hydrogen (secondary N) is 1. The summed E-state index contributed by atoms with van der Waals surface area (Å²) >= 11 is 3.13.